The van der Waals surface area contributed by atoms with E-state index in [-0.39, 0.29) is 17.4 Å². The Morgan fingerprint density at radius 1 is 1.41 bits per heavy atom. The van der Waals surface area contributed by atoms with E-state index in [0.29, 0.717) is 10.6 Å². The summed E-state index contributed by atoms with van der Waals surface area (Å²) in [5.74, 6) is 0.891. The lowest BCUT2D eigenvalue weighted by Gasteiger charge is -2.35. The van der Waals surface area contributed by atoms with Crippen LogP contribution in [0.4, 0.5) is 0 Å². The van der Waals surface area contributed by atoms with Crippen molar-refractivity contribution in [2.24, 2.45) is 5.41 Å². The summed E-state index contributed by atoms with van der Waals surface area (Å²) in [7, 11) is 0. The molecule has 3 nitrogen and oxygen atoms in total. The molecule has 0 saturated carbocycles. The molecular weight excluding hydrogens is 298 g/mol. The van der Waals surface area contributed by atoms with E-state index in [0.717, 1.165) is 29.7 Å². The molecule has 3 rings (SSSR count). The molecule has 1 aromatic heterocycles. The lowest BCUT2D eigenvalue weighted by Crippen LogP contribution is -2.36. The SMILES string of the molecule is Cc1coc2c1C(NC(=O)c1cccc(Cl)c1)CC(C)(C)C2. The third-order valence-electron chi connectivity index (χ3n) is 4.24. The zero-order valence-corrected chi connectivity index (χ0v) is 13.8. The minimum atomic E-state index is -0.100. The lowest BCUT2D eigenvalue weighted by molar-refractivity contribution is 0.0917. The number of amides is 1. The van der Waals surface area contributed by atoms with E-state index < -0.39 is 0 Å². The Bertz CT molecular complexity index is 718. The number of carbonyl (C=O) groups is 1. The average molecular weight is 318 g/mol. The molecule has 1 N–H and O–H groups in total. The summed E-state index contributed by atoms with van der Waals surface area (Å²) in [5.41, 5.74) is 2.92. The standard InChI is InChI=1S/C18H20ClNO2/c1-11-10-22-15-9-18(2,3)8-14(16(11)15)20-17(21)12-5-4-6-13(19)7-12/h4-7,10,14H,8-9H2,1-3H3,(H,20,21). The quantitative estimate of drug-likeness (QED) is 0.873. The molecule has 1 aliphatic rings. The van der Waals surface area contributed by atoms with E-state index in [2.05, 4.69) is 19.2 Å². The van der Waals surface area contributed by atoms with Crippen LogP contribution in [-0.2, 0) is 6.42 Å². The largest absolute Gasteiger partial charge is 0.469 e. The van der Waals surface area contributed by atoms with Crippen molar-refractivity contribution in [3.05, 3.63) is 58.0 Å². The van der Waals surface area contributed by atoms with Crippen molar-refractivity contribution in [1.29, 1.82) is 0 Å². The molecule has 0 bridgehead atoms. The van der Waals surface area contributed by atoms with E-state index in [1.807, 2.05) is 6.92 Å². The van der Waals surface area contributed by atoms with E-state index in [4.69, 9.17) is 16.0 Å². The fourth-order valence-corrected chi connectivity index (χ4v) is 3.46. The maximum atomic E-state index is 12.5. The number of halogens is 1. The smallest absolute Gasteiger partial charge is 0.251 e. The van der Waals surface area contributed by atoms with Gasteiger partial charge in [0.15, 0.2) is 0 Å². The molecule has 2 aromatic rings. The summed E-state index contributed by atoms with van der Waals surface area (Å²) >= 11 is 5.97. The summed E-state index contributed by atoms with van der Waals surface area (Å²) in [5, 5.41) is 3.71. The van der Waals surface area contributed by atoms with Gasteiger partial charge in [-0.25, -0.2) is 0 Å². The second kappa shape index (κ2) is 5.47. The van der Waals surface area contributed by atoms with Crippen LogP contribution in [0.15, 0.2) is 34.9 Å². The Kier molecular flexibility index (Phi) is 3.77. The number of carbonyl (C=O) groups excluding carboxylic acids is 1. The number of furan rings is 1. The third kappa shape index (κ3) is 2.91. The number of nitrogens with one attached hydrogen (secondary N) is 1. The van der Waals surface area contributed by atoms with Gasteiger partial charge in [0.25, 0.3) is 5.91 Å². The van der Waals surface area contributed by atoms with E-state index >= 15 is 0 Å². The van der Waals surface area contributed by atoms with Gasteiger partial charge in [-0.05, 0) is 42.5 Å². The Labute approximate surface area is 135 Å². The Morgan fingerprint density at radius 3 is 2.91 bits per heavy atom. The summed E-state index contributed by atoms with van der Waals surface area (Å²) in [6.07, 6.45) is 3.58. The van der Waals surface area contributed by atoms with Crippen LogP contribution in [0.25, 0.3) is 0 Å². The van der Waals surface area contributed by atoms with E-state index in [9.17, 15) is 4.79 Å². The zero-order valence-electron chi connectivity index (χ0n) is 13.1. The molecule has 1 atom stereocenters. The summed E-state index contributed by atoms with van der Waals surface area (Å²) in [4.78, 5) is 12.5. The van der Waals surface area contributed by atoms with Crippen LogP contribution < -0.4 is 5.32 Å². The molecule has 22 heavy (non-hydrogen) atoms. The number of benzene rings is 1. The van der Waals surface area contributed by atoms with Crippen molar-refractivity contribution in [1.82, 2.24) is 5.32 Å². The Hall–Kier alpha value is -1.74. The fourth-order valence-electron chi connectivity index (χ4n) is 3.27. The highest BCUT2D eigenvalue weighted by Gasteiger charge is 2.36. The molecule has 1 amide bonds. The first-order valence-electron chi connectivity index (χ1n) is 7.49. The number of aryl methyl sites for hydroxylation is 1. The fraction of sp³-hybridized carbons (Fsp3) is 0.389. The van der Waals surface area contributed by atoms with Crippen molar-refractivity contribution >= 4 is 17.5 Å². The molecule has 0 saturated heterocycles. The molecule has 0 aliphatic heterocycles. The molecule has 0 radical (unpaired) electrons. The van der Waals surface area contributed by atoms with Crippen LogP contribution >= 0.6 is 11.6 Å². The maximum absolute atomic E-state index is 12.5. The topological polar surface area (TPSA) is 42.2 Å². The lowest BCUT2D eigenvalue weighted by atomic mass is 9.74. The second-order valence-corrected chi connectivity index (χ2v) is 7.27. The van der Waals surface area contributed by atoms with Crippen molar-refractivity contribution < 1.29 is 9.21 Å². The summed E-state index contributed by atoms with van der Waals surface area (Å²) < 4.78 is 5.69. The highest BCUT2D eigenvalue weighted by Crippen LogP contribution is 2.42. The van der Waals surface area contributed by atoms with Gasteiger partial charge < -0.3 is 9.73 Å². The van der Waals surface area contributed by atoms with Crippen LogP contribution in [0.3, 0.4) is 0 Å². The molecule has 1 unspecified atom stereocenters. The first kappa shape index (κ1) is 15.2. The normalized spacial score (nSPS) is 19.5. The number of rotatable bonds is 2. The molecule has 0 fully saturated rings. The number of hydrogen-bond acceptors (Lipinski definition) is 2. The summed E-state index contributed by atoms with van der Waals surface area (Å²) in [6, 6.07) is 6.99. The van der Waals surface area contributed by atoms with Crippen LogP contribution in [0.5, 0.6) is 0 Å². The van der Waals surface area contributed by atoms with Gasteiger partial charge in [0.1, 0.15) is 5.76 Å². The molecular formula is C18H20ClNO2. The minimum Gasteiger partial charge on any atom is -0.469 e. The van der Waals surface area contributed by atoms with Crippen molar-refractivity contribution in [3.8, 4) is 0 Å². The summed E-state index contributed by atoms with van der Waals surface area (Å²) in [6.45, 7) is 6.43. The van der Waals surface area contributed by atoms with Gasteiger partial charge in [0.05, 0.1) is 12.3 Å². The Balaban J connectivity index is 1.88. The van der Waals surface area contributed by atoms with E-state index in [1.165, 1.54) is 0 Å². The van der Waals surface area contributed by atoms with Crippen molar-refractivity contribution in [2.75, 3.05) is 0 Å². The van der Waals surface area contributed by atoms with Gasteiger partial charge in [-0.3, -0.25) is 4.79 Å². The molecule has 4 heteroatoms. The third-order valence-corrected chi connectivity index (χ3v) is 4.47. The van der Waals surface area contributed by atoms with Gasteiger partial charge in [-0.2, -0.15) is 0 Å². The zero-order chi connectivity index (χ0) is 15.9. The average Bonchev–Trinajstić information content (AvgIpc) is 2.78. The maximum Gasteiger partial charge on any atom is 0.251 e. The number of fused-ring (bicyclic) bond motifs is 1. The van der Waals surface area contributed by atoms with E-state index in [1.54, 1.807) is 30.5 Å². The van der Waals surface area contributed by atoms with Crippen LogP contribution in [0.2, 0.25) is 5.02 Å². The highest BCUT2D eigenvalue weighted by atomic mass is 35.5. The predicted octanol–water partition coefficient (Wildman–Crippen LogP) is 4.68. The second-order valence-electron chi connectivity index (χ2n) is 6.84. The van der Waals surface area contributed by atoms with Crippen LogP contribution in [-0.4, -0.2) is 5.91 Å². The predicted molar refractivity (Wildman–Crippen MR) is 87.2 cm³/mol. The molecule has 1 aromatic carbocycles. The van der Waals surface area contributed by atoms with Crippen LogP contribution in [0, 0.1) is 12.3 Å². The van der Waals surface area contributed by atoms with Crippen LogP contribution in [0.1, 0.15) is 53.6 Å². The molecule has 1 aliphatic carbocycles. The molecule has 1 heterocycles. The Morgan fingerprint density at radius 2 is 2.18 bits per heavy atom. The molecule has 0 spiro atoms. The van der Waals surface area contributed by atoms with Crippen molar-refractivity contribution in [2.45, 2.75) is 39.7 Å². The number of hydrogen-bond donors (Lipinski definition) is 1. The monoisotopic (exact) mass is 317 g/mol. The van der Waals surface area contributed by atoms with Gasteiger partial charge in [-0.15, -0.1) is 0 Å². The van der Waals surface area contributed by atoms with Gasteiger partial charge in [0, 0.05) is 22.6 Å². The van der Waals surface area contributed by atoms with Gasteiger partial charge in [0.2, 0.25) is 0 Å². The van der Waals surface area contributed by atoms with Crippen molar-refractivity contribution in [3.63, 3.8) is 0 Å². The first-order valence-corrected chi connectivity index (χ1v) is 7.87. The molecule has 116 valence electrons. The highest BCUT2D eigenvalue weighted by molar-refractivity contribution is 6.30. The minimum absolute atomic E-state index is 0.0241. The van der Waals surface area contributed by atoms with Gasteiger partial charge >= 0.3 is 0 Å². The van der Waals surface area contributed by atoms with Gasteiger partial charge in [-0.1, -0.05) is 31.5 Å². The first-order chi connectivity index (χ1) is 10.4.